The van der Waals surface area contributed by atoms with Crippen LogP contribution in [0.3, 0.4) is 0 Å². The van der Waals surface area contributed by atoms with E-state index >= 15 is 0 Å². The predicted molar refractivity (Wildman–Crippen MR) is 117 cm³/mol. The summed E-state index contributed by atoms with van der Waals surface area (Å²) >= 11 is 0. The maximum Gasteiger partial charge on any atom is 0.264 e. The summed E-state index contributed by atoms with van der Waals surface area (Å²) in [6.45, 7) is 1.82. The average Bonchev–Trinajstić information content (AvgIpc) is 3.02. The zero-order chi connectivity index (χ0) is 20.0. The first-order chi connectivity index (χ1) is 13.4. The van der Waals surface area contributed by atoms with E-state index in [4.69, 9.17) is 4.18 Å². The molecule has 3 rings (SSSR count). The van der Waals surface area contributed by atoms with E-state index in [1.165, 1.54) is 27.8 Å². The van der Waals surface area contributed by atoms with Gasteiger partial charge in [0.15, 0.2) is 0 Å². The van der Waals surface area contributed by atoms with Crippen molar-refractivity contribution in [2.45, 2.75) is 58.0 Å². The third kappa shape index (κ3) is 5.79. The molecule has 28 heavy (non-hydrogen) atoms. The lowest BCUT2D eigenvalue weighted by Crippen LogP contribution is -2.13. The highest BCUT2D eigenvalue weighted by Gasteiger charge is 2.19. The fraction of sp³-hybridized carbons (Fsp3) is 0.417. The Kier molecular flexibility index (Phi) is 7.08. The smallest absolute Gasteiger partial charge is 0.264 e. The molecule has 1 aliphatic carbocycles. The molecule has 0 heterocycles. The molecule has 0 aliphatic heterocycles. The van der Waals surface area contributed by atoms with Gasteiger partial charge in [-0.2, -0.15) is 8.42 Å². The molecule has 1 aliphatic rings. The molecule has 2 aromatic carbocycles. The molecule has 0 saturated heterocycles. The fourth-order valence-corrected chi connectivity index (χ4v) is 4.64. The van der Waals surface area contributed by atoms with Gasteiger partial charge in [0.1, 0.15) is 0 Å². The van der Waals surface area contributed by atoms with E-state index in [1.54, 1.807) is 0 Å². The Labute approximate surface area is 169 Å². The van der Waals surface area contributed by atoms with E-state index in [2.05, 4.69) is 54.6 Å². The van der Waals surface area contributed by atoms with Crippen molar-refractivity contribution in [3.63, 3.8) is 0 Å². The van der Waals surface area contributed by atoms with Gasteiger partial charge in [-0.1, -0.05) is 73.9 Å². The Balaban J connectivity index is 1.40. The van der Waals surface area contributed by atoms with Crippen LogP contribution >= 0.6 is 0 Å². The topological polar surface area (TPSA) is 43.4 Å². The molecule has 150 valence electrons. The SMILES string of the molecule is CC(CCCCCCC=Cc1cccc2c1Cc1ccccc1-2)OS(C)(=O)=O. The molecule has 0 fully saturated rings. The van der Waals surface area contributed by atoms with Gasteiger partial charge in [0, 0.05) is 0 Å². The van der Waals surface area contributed by atoms with E-state index in [0.717, 1.165) is 51.2 Å². The number of unbranched alkanes of at least 4 members (excludes halogenated alkanes) is 4. The molecule has 1 unspecified atom stereocenters. The Morgan fingerprint density at radius 2 is 1.75 bits per heavy atom. The van der Waals surface area contributed by atoms with E-state index in [-0.39, 0.29) is 6.10 Å². The minimum Gasteiger partial charge on any atom is -0.267 e. The van der Waals surface area contributed by atoms with Crippen LogP contribution in [-0.4, -0.2) is 20.8 Å². The molecule has 2 aromatic rings. The summed E-state index contributed by atoms with van der Waals surface area (Å²) in [6, 6.07) is 15.3. The zero-order valence-electron chi connectivity index (χ0n) is 16.9. The van der Waals surface area contributed by atoms with E-state index in [1.807, 2.05) is 6.92 Å². The van der Waals surface area contributed by atoms with Crippen molar-refractivity contribution in [2.75, 3.05) is 6.26 Å². The molecule has 4 heteroatoms. The van der Waals surface area contributed by atoms with Gasteiger partial charge in [-0.15, -0.1) is 0 Å². The molecule has 0 saturated carbocycles. The first kappa shape index (κ1) is 20.8. The van der Waals surface area contributed by atoms with E-state index in [9.17, 15) is 8.42 Å². The fourth-order valence-electron chi connectivity index (χ4n) is 3.94. The Bertz CT molecular complexity index is 929. The van der Waals surface area contributed by atoms with Crippen molar-refractivity contribution < 1.29 is 12.6 Å². The van der Waals surface area contributed by atoms with Gasteiger partial charge in [0.05, 0.1) is 12.4 Å². The predicted octanol–water partition coefficient (Wildman–Crippen LogP) is 5.98. The highest BCUT2D eigenvalue weighted by atomic mass is 32.2. The van der Waals surface area contributed by atoms with Crippen molar-refractivity contribution in [3.05, 3.63) is 65.2 Å². The molecule has 0 aromatic heterocycles. The van der Waals surface area contributed by atoms with Gasteiger partial charge >= 0.3 is 0 Å². The first-order valence-corrected chi connectivity index (χ1v) is 12.0. The quantitative estimate of drug-likeness (QED) is 0.312. The highest BCUT2D eigenvalue weighted by Crippen LogP contribution is 2.38. The summed E-state index contributed by atoms with van der Waals surface area (Å²) in [5.41, 5.74) is 6.96. The second-order valence-electron chi connectivity index (χ2n) is 7.71. The van der Waals surface area contributed by atoms with Crippen LogP contribution in [0.25, 0.3) is 17.2 Å². The normalized spacial score (nSPS) is 14.2. The highest BCUT2D eigenvalue weighted by molar-refractivity contribution is 7.86. The van der Waals surface area contributed by atoms with Gasteiger partial charge < -0.3 is 0 Å². The van der Waals surface area contributed by atoms with E-state index in [0.29, 0.717) is 0 Å². The summed E-state index contributed by atoms with van der Waals surface area (Å²) in [6.07, 6.45) is 12.8. The molecular weight excluding hydrogens is 368 g/mol. The number of allylic oxidation sites excluding steroid dienone is 1. The van der Waals surface area contributed by atoms with Crippen molar-refractivity contribution >= 4 is 16.2 Å². The molecule has 1 atom stereocenters. The lowest BCUT2D eigenvalue weighted by molar-refractivity contribution is 0.216. The van der Waals surface area contributed by atoms with Crippen LogP contribution in [0.4, 0.5) is 0 Å². The number of hydrogen-bond donors (Lipinski definition) is 0. The minimum absolute atomic E-state index is 0.223. The standard InChI is InChI=1S/C24H30O3S/c1-19(27-28(2,25)26)12-7-5-3-4-6-8-13-20-15-11-17-23-22-16-10-9-14-21(22)18-24(20)23/h8-11,13-17,19H,3-7,12,18H2,1-2H3. The summed E-state index contributed by atoms with van der Waals surface area (Å²) in [5.74, 6) is 0. The molecule has 0 spiro atoms. The second-order valence-corrected chi connectivity index (χ2v) is 9.31. The third-order valence-electron chi connectivity index (χ3n) is 5.25. The average molecular weight is 399 g/mol. The largest absolute Gasteiger partial charge is 0.267 e. The third-order valence-corrected chi connectivity index (χ3v) is 5.93. The summed E-state index contributed by atoms with van der Waals surface area (Å²) in [7, 11) is -3.34. The Morgan fingerprint density at radius 3 is 2.57 bits per heavy atom. The maximum absolute atomic E-state index is 11.1. The van der Waals surface area contributed by atoms with Crippen LogP contribution in [0.15, 0.2) is 48.5 Å². The molecule has 0 radical (unpaired) electrons. The molecule has 0 amide bonds. The van der Waals surface area contributed by atoms with Gasteiger partial charge in [-0.05, 0) is 60.4 Å². The van der Waals surface area contributed by atoms with Crippen molar-refractivity contribution in [2.24, 2.45) is 0 Å². The van der Waals surface area contributed by atoms with Gasteiger partial charge in [-0.3, -0.25) is 4.18 Å². The Hall–Kier alpha value is -1.91. The molecule has 0 bridgehead atoms. The van der Waals surface area contributed by atoms with Crippen LogP contribution in [0.1, 0.15) is 62.1 Å². The van der Waals surface area contributed by atoms with Crippen LogP contribution in [-0.2, 0) is 20.7 Å². The van der Waals surface area contributed by atoms with Crippen LogP contribution in [0, 0.1) is 0 Å². The van der Waals surface area contributed by atoms with Gasteiger partial charge in [-0.25, -0.2) is 0 Å². The minimum atomic E-state index is -3.34. The Morgan fingerprint density at radius 1 is 1.00 bits per heavy atom. The summed E-state index contributed by atoms with van der Waals surface area (Å²) in [4.78, 5) is 0. The van der Waals surface area contributed by atoms with Crippen molar-refractivity contribution in [3.8, 4) is 11.1 Å². The lowest BCUT2D eigenvalue weighted by Gasteiger charge is -2.10. The number of rotatable bonds is 10. The lowest BCUT2D eigenvalue weighted by atomic mass is 10.0. The first-order valence-electron chi connectivity index (χ1n) is 10.2. The summed E-state index contributed by atoms with van der Waals surface area (Å²) in [5, 5.41) is 0. The van der Waals surface area contributed by atoms with Gasteiger partial charge in [0.2, 0.25) is 0 Å². The maximum atomic E-state index is 11.1. The zero-order valence-corrected chi connectivity index (χ0v) is 17.7. The molecule has 3 nitrogen and oxygen atoms in total. The number of fused-ring (bicyclic) bond motifs is 3. The van der Waals surface area contributed by atoms with Crippen molar-refractivity contribution in [1.29, 1.82) is 0 Å². The van der Waals surface area contributed by atoms with Crippen LogP contribution in [0.2, 0.25) is 0 Å². The molecule has 0 N–H and O–H groups in total. The number of benzene rings is 2. The van der Waals surface area contributed by atoms with Crippen LogP contribution < -0.4 is 0 Å². The van der Waals surface area contributed by atoms with Crippen molar-refractivity contribution in [1.82, 2.24) is 0 Å². The summed E-state index contributed by atoms with van der Waals surface area (Å²) < 4.78 is 27.1. The monoisotopic (exact) mass is 398 g/mol. The van der Waals surface area contributed by atoms with E-state index < -0.39 is 10.1 Å². The van der Waals surface area contributed by atoms with Crippen LogP contribution in [0.5, 0.6) is 0 Å². The van der Waals surface area contributed by atoms with Gasteiger partial charge in [0.25, 0.3) is 10.1 Å². The number of hydrogen-bond acceptors (Lipinski definition) is 3. The molecular formula is C24H30O3S. The second kappa shape index (κ2) is 9.53.